The molecule has 1 aromatic heterocycles. The van der Waals surface area contributed by atoms with Crippen LogP contribution in [0.4, 0.5) is 11.6 Å². The normalized spacial score (nSPS) is 25.9. The van der Waals surface area contributed by atoms with Crippen molar-refractivity contribution in [1.82, 2.24) is 19.8 Å². The maximum absolute atomic E-state index is 15.5. The predicted molar refractivity (Wildman–Crippen MR) is 203 cm³/mol. The van der Waals surface area contributed by atoms with Crippen LogP contribution in [0.15, 0.2) is 128 Å². The lowest BCUT2D eigenvalue weighted by molar-refractivity contribution is -0.179. The number of morpholine rings is 1. The molecule has 3 saturated heterocycles. The van der Waals surface area contributed by atoms with Gasteiger partial charge in [-0.05, 0) is 46.5 Å². The number of aliphatic hydroxyl groups is 1. The summed E-state index contributed by atoms with van der Waals surface area (Å²) in [7, 11) is 0. The van der Waals surface area contributed by atoms with E-state index in [1.807, 2.05) is 108 Å². The Hall–Kier alpha value is -6.11. The molecule has 0 saturated carbocycles. The van der Waals surface area contributed by atoms with Crippen LogP contribution in [0.25, 0.3) is 0 Å². The highest BCUT2D eigenvalue weighted by Crippen LogP contribution is 2.65. The summed E-state index contributed by atoms with van der Waals surface area (Å²) in [6.45, 7) is 1.55. The molecule has 5 aromatic rings. The summed E-state index contributed by atoms with van der Waals surface area (Å²) in [5, 5.41) is 12.8. The van der Waals surface area contributed by atoms with Crippen LogP contribution in [0.5, 0.6) is 5.75 Å². The van der Waals surface area contributed by atoms with Crippen LogP contribution >= 0.6 is 0 Å². The molecule has 55 heavy (non-hydrogen) atoms. The summed E-state index contributed by atoms with van der Waals surface area (Å²) in [6.07, 6.45) is 2.62. The van der Waals surface area contributed by atoms with Gasteiger partial charge in [-0.1, -0.05) is 91.0 Å². The fraction of sp³-hybridized carbons (Fsp3) is 0.279. The molecule has 0 radical (unpaired) electrons. The molecule has 0 aliphatic carbocycles. The number of carbonyl (C=O) groups excluding carboxylic acids is 3. The molecule has 4 aliphatic rings. The van der Waals surface area contributed by atoms with Crippen LogP contribution in [-0.2, 0) is 24.5 Å². The molecule has 0 unspecified atom stereocenters. The van der Waals surface area contributed by atoms with Gasteiger partial charge in [0.05, 0.1) is 24.6 Å². The first-order valence-corrected chi connectivity index (χ1v) is 18.6. The molecule has 1 spiro atoms. The van der Waals surface area contributed by atoms with Crippen LogP contribution in [0, 0.1) is 5.92 Å². The minimum Gasteiger partial charge on any atom is -0.491 e. The highest BCUT2D eigenvalue weighted by molar-refractivity contribution is 6.12. The number of hydrogen-bond donors (Lipinski definition) is 2. The average molecular weight is 737 g/mol. The SMILES string of the molecule is O=C1O[C@H](c2ccccc2)[C@H](c2ccccc2)N2[C@H]1[C@@H](C(=O)N1CCN(c3ncccn3)CC1)[C@]1(C(=O)Nc3ccccc31)[C@H]2c1cccc(OCCO)c1. The second kappa shape index (κ2) is 14.3. The zero-order valence-electron chi connectivity index (χ0n) is 30.0. The van der Waals surface area contributed by atoms with Crippen molar-refractivity contribution in [1.29, 1.82) is 0 Å². The number of amides is 2. The Balaban J connectivity index is 1.26. The minimum absolute atomic E-state index is 0.0745. The Bertz CT molecular complexity index is 2200. The lowest BCUT2D eigenvalue weighted by Gasteiger charge is -2.46. The number of hydrogen-bond acceptors (Lipinski definition) is 10. The van der Waals surface area contributed by atoms with E-state index < -0.39 is 41.5 Å². The number of fused-ring (bicyclic) bond motifs is 3. The van der Waals surface area contributed by atoms with Crippen molar-refractivity contribution in [3.05, 3.63) is 150 Å². The van der Waals surface area contributed by atoms with Crippen molar-refractivity contribution >= 4 is 29.4 Å². The van der Waals surface area contributed by atoms with Crippen molar-refractivity contribution < 1.29 is 29.0 Å². The van der Waals surface area contributed by atoms with Crippen molar-refractivity contribution in [3.63, 3.8) is 0 Å². The quantitative estimate of drug-likeness (QED) is 0.220. The molecule has 4 aliphatic heterocycles. The molecule has 12 nitrogen and oxygen atoms in total. The maximum atomic E-state index is 15.5. The molecule has 4 aromatic carbocycles. The number of piperazine rings is 1. The van der Waals surface area contributed by atoms with E-state index in [9.17, 15) is 9.90 Å². The van der Waals surface area contributed by atoms with E-state index in [1.165, 1.54) is 0 Å². The number of benzene rings is 4. The average Bonchev–Trinajstić information content (AvgIpc) is 3.72. The highest BCUT2D eigenvalue weighted by atomic mass is 16.6. The second-order valence-corrected chi connectivity index (χ2v) is 14.3. The molecule has 6 atom stereocenters. The van der Waals surface area contributed by atoms with Crippen LogP contribution in [-0.4, -0.2) is 88.1 Å². The van der Waals surface area contributed by atoms with Crippen molar-refractivity contribution in [2.45, 2.75) is 29.6 Å². The summed E-state index contributed by atoms with van der Waals surface area (Å²) in [5.74, 6) is -1.32. The van der Waals surface area contributed by atoms with Crippen LogP contribution < -0.4 is 15.0 Å². The first-order chi connectivity index (χ1) is 27.0. The van der Waals surface area contributed by atoms with E-state index in [0.717, 1.165) is 11.1 Å². The third-order valence-corrected chi connectivity index (χ3v) is 11.4. The molecule has 5 heterocycles. The summed E-state index contributed by atoms with van der Waals surface area (Å²) in [4.78, 5) is 60.5. The van der Waals surface area contributed by atoms with E-state index in [2.05, 4.69) is 20.2 Å². The van der Waals surface area contributed by atoms with Gasteiger partial charge in [-0.3, -0.25) is 19.3 Å². The first kappa shape index (κ1) is 34.6. The Labute approximate surface area is 318 Å². The topological polar surface area (TPSA) is 137 Å². The van der Waals surface area contributed by atoms with Crippen molar-refractivity contribution in [2.24, 2.45) is 5.92 Å². The molecule has 2 amide bonds. The van der Waals surface area contributed by atoms with E-state index in [-0.39, 0.29) is 25.0 Å². The zero-order valence-corrected chi connectivity index (χ0v) is 30.0. The van der Waals surface area contributed by atoms with Gasteiger partial charge in [0, 0.05) is 44.3 Å². The van der Waals surface area contributed by atoms with Gasteiger partial charge in [0.2, 0.25) is 17.8 Å². The van der Waals surface area contributed by atoms with Crippen LogP contribution in [0.1, 0.15) is 40.4 Å². The monoisotopic (exact) mass is 736 g/mol. The molecule has 12 heteroatoms. The number of rotatable bonds is 8. The summed E-state index contributed by atoms with van der Waals surface area (Å²) in [5.41, 5.74) is 2.03. The fourth-order valence-electron chi connectivity index (χ4n) is 9.25. The standard InChI is InChI=1S/C43H40N6O6/c50-25-26-54-31-16-9-15-30(27-31)38-43(32-17-7-8-18-33(32)46-41(43)53)34(39(51)47-21-23-48(24-22-47)42-44-19-10-20-45-42)36-40(52)55-37(29-13-5-2-6-14-29)35(49(36)38)28-11-3-1-4-12-28/h1-20,27,34-38,50H,21-26H2,(H,46,53)/t34-,35-,36-,37+,38+,43-/m0/s1. The number of anilines is 2. The maximum Gasteiger partial charge on any atom is 0.324 e. The number of aromatic nitrogens is 2. The molecular weight excluding hydrogens is 697 g/mol. The first-order valence-electron chi connectivity index (χ1n) is 18.6. The highest BCUT2D eigenvalue weighted by Gasteiger charge is 2.74. The third-order valence-electron chi connectivity index (χ3n) is 11.4. The summed E-state index contributed by atoms with van der Waals surface area (Å²) < 4.78 is 12.4. The largest absolute Gasteiger partial charge is 0.491 e. The smallest absolute Gasteiger partial charge is 0.324 e. The number of ether oxygens (including phenoxy) is 2. The van der Waals surface area contributed by atoms with Gasteiger partial charge in [0.25, 0.3) is 0 Å². The lowest BCUT2D eigenvalue weighted by atomic mass is 9.65. The number of para-hydroxylation sites is 1. The van der Waals surface area contributed by atoms with Gasteiger partial charge < -0.3 is 29.7 Å². The molecule has 0 bridgehead atoms. The Morgan fingerprint density at radius 1 is 0.800 bits per heavy atom. The number of nitrogens with one attached hydrogen (secondary N) is 1. The third kappa shape index (κ3) is 5.71. The Kier molecular flexibility index (Phi) is 8.99. The number of nitrogens with zero attached hydrogens (tertiary/aromatic N) is 5. The van der Waals surface area contributed by atoms with Gasteiger partial charge in [-0.25, -0.2) is 9.97 Å². The summed E-state index contributed by atoms with van der Waals surface area (Å²) >= 11 is 0. The fourth-order valence-corrected chi connectivity index (χ4v) is 9.25. The Morgan fingerprint density at radius 3 is 2.20 bits per heavy atom. The Morgan fingerprint density at radius 2 is 1.47 bits per heavy atom. The number of aliphatic hydroxyl groups excluding tert-OH is 1. The molecule has 278 valence electrons. The minimum atomic E-state index is -1.56. The molecule has 3 fully saturated rings. The number of esters is 1. The van der Waals surface area contributed by atoms with E-state index in [4.69, 9.17) is 9.47 Å². The molecule has 2 N–H and O–H groups in total. The van der Waals surface area contributed by atoms with Crippen molar-refractivity contribution in [3.8, 4) is 5.75 Å². The van der Waals surface area contributed by atoms with Crippen molar-refractivity contribution in [2.75, 3.05) is 49.6 Å². The van der Waals surface area contributed by atoms with Gasteiger partial charge in [-0.2, -0.15) is 0 Å². The van der Waals surface area contributed by atoms with E-state index in [1.54, 1.807) is 29.4 Å². The zero-order chi connectivity index (χ0) is 37.5. The predicted octanol–water partition coefficient (Wildman–Crippen LogP) is 4.47. The molecule has 9 rings (SSSR count). The van der Waals surface area contributed by atoms with Gasteiger partial charge in [0.15, 0.2) is 0 Å². The van der Waals surface area contributed by atoms with E-state index in [0.29, 0.717) is 54.7 Å². The van der Waals surface area contributed by atoms with Gasteiger partial charge in [0.1, 0.15) is 29.9 Å². The second-order valence-electron chi connectivity index (χ2n) is 14.3. The number of cyclic esters (lactones) is 1. The summed E-state index contributed by atoms with van der Waals surface area (Å²) in [6, 6.07) is 33.5. The van der Waals surface area contributed by atoms with E-state index >= 15 is 9.59 Å². The van der Waals surface area contributed by atoms with Crippen LogP contribution in [0.3, 0.4) is 0 Å². The van der Waals surface area contributed by atoms with Gasteiger partial charge >= 0.3 is 5.97 Å². The molecular formula is C43H40N6O6. The number of carbonyl (C=O) groups is 3. The van der Waals surface area contributed by atoms with Crippen LogP contribution in [0.2, 0.25) is 0 Å². The lowest BCUT2D eigenvalue weighted by Crippen LogP contribution is -2.58. The van der Waals surface area contributed by atoms with Gasteiger partial charge in [-0.15, -0.1) is 0 Å².